The summed E-state index contributed by atoms with van der Waals surface area (Å²) in [5, 5.41) is 6.39. The number of hydrogen-bond acceptors (Lipinski definition) is 7. The summed E-state index contributed by atoms with van der Waals surface area (Å²) in [5.74, 6) is 3.74. The first kappa shape index (κ1) is 25.5. The zero-order chi connectivity index (χ0) is 24.1. The SMILES string of the molecule is O=S1N=C(NC/C=C\COc2cccc(CN3CCCCC3)c2)C(NCCSCc2ccoc2)=N1. The Morgan fingerprint density at radius 1 is 1.09 bits per heavy atom. The van der Waals surface area contributed by atoms with Gasteiger partial charge in [0.2, 0.25) is 0 Å². The van der Waals surface area contributed by atoms with Crippen LogP contribution in [0.4, 0.5) is 0 Å². The summed E-state index contributed by atoms with van der Waals surface area (Å²) < 4.78 is 30.8. The second-order valence-corrected chi connectivity index (χ2v) is 10.3. The van der Waals surface area contributed by atoms with E-state index in [0.29, 0.717) is 31.4 Å². The Morgan fingerprint density at radius 3 is 2.77 bits per heavy atom. The highest BCUT2D eigenvalue weighted by Crippen LogP contribution is 2.17. The maximum Gasteiger partial charge on any atom is 0.269 e. The highest BCUT2D eigenvalue weighted by atomic mass is 32.2. The van der Waals surface area contributed by atoms with Gasteiger partial charge in [-0.2, -0.15) is 11.8 Å². The molecule has 0 radical (unpaired) electrons. The van der Waals surface area contributed by atoms with Crippen molar-refractivity contribution < 1.29 is 13.4 Å². The fraction of sp³-hybridized carbons (Fsp3) is 0.440. The smallest absolute Gasteiger partial charge is 0.269 e. The molecule has 1 saturated heterocycles. The van der Waals surface area contributed by atoms with Crippen LogP contribution in [0.5, 0.6) is 5.75 Å². The molecule has 10 heteroatoms. The average Bonchev–Trinajstić information content (AvgIpc) is 3.51. The van der Waals surface area contributed by atoms with Crippen molar-refractivity contribution in [2.24, 2.45) is 8.80 Å². The number of rotatable bonds is 12. The quantitative estimate of drug-likeness (QED) is 0.329. The van der Waals surface area contributed by atoms with Crippen LogP contribution in [0, 0.1) is 0 Å². The molecule has 188 valence electrons. The third-order valence-corrected chi connectivity index (χ3v) is 7.31. The van der Waals surface area contributed by atoms with Crippen LogP contribution >= 0.6 is 11.8 Å². The van der Waals surface area contributed by atoms with Crippen molar-refractivity contribution in [2.75, 3.05) is 38.5 Å². The Kier molecular flexibility index (Phi) is 10.3. The van der Waals surface area contributed by atoms with E-state index in [4.69, 9.17) is 9.15 Å². The van der Waals surface area contributed by atoms with Crippen molar-refractivity contribution in [1.82, 2.24) is 15.5 Å². The first-order valence-corrected chi connectivity index (χ1v) is 14.2. The van der Waals surface area contributed by atoms with Gasteiger partial charge in [-0.15, -0.1) is 8.80 Å². The number of likely N-dealkylation sites (tertiary alicyclic amines) is 1. The Balaban J connectivity index is 1.11. The van der Waals surface area contributed by atoms with Crippen LogP contribution in [0.3, 0.4) is 0 Å². The van der Waals surface area contributed by atoms with E-state index in [1.165, 1.54) is 43.5 Å². The largest absolute Gasteiger partial charge is 0.490 e. The van der Waals surface area contributed by atoms with Gasteiger partial charge in [0, 0.05) is 36.7 Å². The minimum absolute atomic E-state index is 0.486. The van der Waals surface area contributed by atoms with Crippen LogP contribution < -0.4 is 15.4 Å². The number of thioether (sulfide) groups is 1. The van der Waals surface area contributed by atoms with E-state index in [2.05, 4.69) is 42.5 Å². The number of benzene rings is 1. The van der Waals surface area contributed by atoms with E-state index in [0.717, 1.165) is 23.8 Å². The number of amidine groups is 2. The standard InChI is InChI=1S/C25H33N5O3S2/c31-35-28-24(25(29-35)27-11-16-34-20-22-9-15-32-19-22)26-10-2-5-14-33-23-8-6-7-21(17-23)18-30-12-3-1-4-13-30/h2,5-9,15,17,19H,1,3-4,10-14,16,18,20H2,(H,26,28)(H,27,29)/b5-2-. The van der Waals surface area contributed by atoms with Crippen molar-refractivity contribution in [1.29, 1.82) is 0 Å². The Bertz CT molecular complexity index is 1030. The molecule has 1 atom stereocenters. The number of nitrogens with one attached hydrogen (secondary N) is 2. The maximum atomic E-state index is 11.8. The summed E-state index contributed by atoms with van der Waals surface area (Å²) in [6.45, 7) is 5.10. The zero-order valence-electron chi connectivity index (χ0n) is 19.9. The van der Waals surface area contributed by atoms with E-state index in [1.54, 1.807) is 24.3 Å². The van der Waals surface area contributed by atoms with E-state index in [1.807, 2.05) is 24.3 Å². The molecular weight excluding hydrogens is 482 g/mol. The summed E-state index contributed by atoms with van der Waals surface area (Å²) in [4.78, 5) is 2.51. The Labute approximate surface area is 214 Å². The third kappa shape index (κ3) is 8.87. The zero-order valence-corrected chi connectivity index (χ0v) is 21.5. The Hall–Kier alpha value is -2.56. The minimum Gasteiger partial charge on any atom is -0.490 e. The molecule has 0 spiro atoms. The molecule has 8 nitrogen and oxygen atoms in total. The Morgan fingerprint density at radius 2 is 1.94 bits per heavy atom. The molecule has 0 amide bonds. The second-order valence-electron chi connectivity index (χ2n) is 8.37. The molecule has 4 rings (SSSR count). The number of hydrogen-bond donors (Lipinski definition) is 2. The van der Waals surface area contributed by atoms with Gasteiger partial charge in [-0.1, -0.05) is 24.6 Å². The maximum absolute atomic E-state index is 11.8. The van der Waals surface area contributed by atoms with Crippen molar-refractivity contribution in [3.8, 4) is 5.75 Å². The highest BCUT2D eigenvalue weighted by Gasteiger charge is 2.17. The van der Waals surface area contributed by atoms with Crippen molar-refractivity contribution in [3.63, 3.8) is 0 Å². The molecule has 1 aromatic heterocycles. The van der Waals surface area contributed by atoms with Gasteiger partial charge in [0.15, 0.2) is 11.7 Å². The van der Waals surface area contributed by atoms with Crippen molar-refractivity contribution in [3.05, 3.63) is 66.1 Å². The van der Waals surface area contributed by atoms with Gasteiger partial charge in [-0.25, -0.2) is 4.21 Å². The number of furan rings is 1. The molecule has 0 bridgehead atoms. The van der Waals surface area contributed by atoms with E-state index < -0.39 is 11.2 Å². The molecular formula is C25H33N5O3S2. The van der Waals surface area contributed by atoms with Crippen LogP contribution in [0.1, 0.15) is 30.4 Å². The fourth-order valence-electron chi connectivity index (χ4n) is 3.86. The second kappa shape index (κ2) is 14.1. The first-order valence-electron chi connectivity index (χ1n) is 12.0. The molecule has 3 heterocycles. The molecule has 1 fully saturated rings. The van der Waals surface area contributed by atoms with Crippen molar-refractivity contribution >= 4 is 34.6 Å². The lowest BCUT2D eigenvalue weighted by molar-refractivity contribution is 0.220. The normalized spacial score (nSPS) is 18.5. The number of nitrogens with zero attached hydrogens (tertiary/aromatic N) is 3. The van der Waals surface area contributed by atoms with Gasteiger partial charge in [-0.05, 0) is 55.8 Å². The molecule has 2 aliphatic rings. The van der Waals surface area contributed by atoms with E-state index in [9.17, 15) is 4.21 Å². The predicted molar refractivity (Wildman–Crippen MR) is 144 cm³/mol. The number of ether oxygens (including phenoxy) is 1. The lowest BCUT2D eigenvalue weighted by atomic mass is 10.1. The minimum atomic E-state index is -1.57. The fourth-order valence-corrected chi connectivity index (χ4v) is 5.31. The van der Waals surface area contributed by atoms with Gasteiger partial charge in [0.1, 0.15) is 12.4 Å². The summed E-state index contributed by atoms with van der Waals surface area (Å²) in [5.41, 5.74) is 2.46. The van der Waals surface area contributed by atoms with Crippen LogP contribution in [0.15, 0.2) is 68.2 Å². The van der Waals surface area contributed by atoms with Gasteiger partial charge in [0.05, 0.1) is 12.5 Å². The topological polar surface area (TPSA) is 91.5 Å². The van der Waals surface area contributed by atoms with E-state index >= 15 is 0 Å². The molecule has 2 N–H and O–H groups in total. The molecule has 1 aromatic carbocycles. The van der Waals surface area contributed by atoms with Gasteiger partial charge in [-0.3, -0.25) is 4.90 Å². The van der Waals surface area contributed by atoms with Crippen LogP contribution in [0.25, 0.3) is 0 Å². The van der Waals surface area contributed by atoms with Crippen LogP contribution in [0.2, 0.25) is 0 Å². The lowest BCUT2D eigenvalue weighted by Crippen LogP contribution is -2.39. The third-order valence-electron chi connectivity index (χ3n) is 5.60. The lowest BCUT2D eigenvalue weighted by Gasteiger charge is -2.26. The number of piperidine rings is 1. The molecule has 0 saturated carbocycles. The van der Waals surface area contributed by atoms with Gasteiger partial charge < -0.3 is 19.8 Å². The predicted octanol–water partition coefficient (Wildman–Crippen LogP) is 3.70. The molecule has 0 aliphatic carbocycles. The average molecular weight is 516 g/mol. The van der Waals surface area contributed by atoms with Crippen LogP contribution in [-0.4, -0.2) is 59.3 Å². The van der Waals surface area contributed by atoms with Gasteiger partial charge >= 0.3 is 0 Å². The summed E-state index contributed by atoms with van der Waals surface area (Å²) in [7, 11) is 0. The van der Waals surface area contributed by atoms with Gasteiger partial charge in [0.25, 0.3) is 11.2 Å². The molecule has 1 unspecified atom stereocenters. The first-order chi connectivity index (χ1) is 17.3. The summed E-state index contributed by atoms with van der Waals surface area (Å²) in [6, 6.07) is 10.3. The molecule has 35 heavy (non-hydrogen) atoms. The molecule has 2 aromatic rings. The summed E-state index contributed by atoms with van der Waals surface area (Å²) >= 11 is 0.216. The van der Waals surface area contributed by atoms with Crippen LogP contribution in [-0.2, 0) is 23.5 Å². The highest BCUT2D eigenvalue weighted by molar-refractivity contribution is 7.98. The monoisotopic (exact) mass is 515 g/mol. The molecule has 2 aliphatic heterocycles. The van der Waals surface area contributed by atoms with Crippen molar-refractivity contribution in [2.45, 2.75) is 31.6 Å². The van der Waals surface area contributed by atoms with E-state index in [-0.39, 0.29) is 0 Å². The summed E-state index contributed by atoms with van der Waals surface area (Å²) in [6.07, 6.45) is 11.3.